The first-order valence-corrected chi connectivity index (χ1v) is 11.9. The van der Waals surface area contributed by atoms with E-state index >= 15 is 0 Å². The third kappa shape index (κ3) is 3.98. The number of amides is 2. The van der Waals surface area contributed by atoms with Gasteiger partial charge in [0, 0.05) is 24.8 Å². The minimum absolute atomic E-state index is 0.0290. The highest BCUT2D eigenvalue weighted by Crippen LogP contribution is 2.45. The number of hydrogen-bond donors (Lipinski definition) is 1. The Balaban J connectivity index is 1.31. The zero-order valence-corrected chi connectivity index (χ0v) is 18.4. The molecule has 3 saturated heterocycles. The molecule has 3 fully saturated rings. The number of anilines is 1. The number of carbonyl (C=O) groups is 2. The summed E-state index contributed by atoms with van der Waals surface area (Å²) in [5.41, 5.74) is 2.70. The summed E-state index contributed by atoms with van der Waals surface area (Å²) in [4.78, 5) is 29.9. The van der Waals surface area contributed by atoms with E-state index in [4.69, 9.17) is 4.74 Å². The Morgan fingerprint density at radius 2 is 1.97 bits per heavy atom. The van der Waals surface area contributed by atoms with Gasteiger partial charge in [0.1, 0.15) is 0 Å². The molecule has 3 aliphatic heterocycles. The number of hydrogen-bond acceptors (Lipinski definition) is 4. The van der Waals surface area contributed by atoms with Crippen LogP contribution in [0.3, 0.4) is 0 Å². The minimum atomic E-state index is -0.337. The summed E-state index contributed by atoms with van der Waals surface area (Å²) in [7, 11) is 0. The molecule has 31 heavy (non-hydrogen) atoms. The molecule has 2 bridgehead atoms. The van der Waals surface area contributed by atoms with Crippen molar-refractivity contribution in [2.45, 2.75) is 57.5 Å². The first kappa shape index (κ1) is 20.6. The third-order valence-corrected chi connectivity index (χ3v) is 7.57. The fraction of sp³-hybridized carbons (Fsp3) is 0.600. The molecule has 166 valence electrons. The third-order valence-electron chi connectivity index (χ3n) is 7.57. The fourth-order valence-corrected chi connectivity index (χ4v) is 6.30. The second-order valence-corrected chi connectivity index (χ2v) is 9.43. The quantitative estimate of drug-likeness (QED) is 0.582. The number of fused-ring (bicyclic) bond motifs is 6. The summed E-state index contributed by atoms with van der Waals surface area (Å²) < 4.78 is 5.03. The van der Waals surface area contributed by atoms with Crippen molar-refractivity contribution in [3.8, 4) is 0 Å². The molecule has 6 heteroatoms. The summed E-state index contributed by atoms with van der Waals surface area (Å²) in [6.45, 7) is 5.29. The SMILES string of the molecule is CCOC(=O)c1ccc(NC(=O)N2CCCC3=C[C@@H]4C[C@H](CN5CCCC[C@@H]45)[C@@H]32)cc1. The van der Waals surface area contributed by atoms with Crippen molar-refractivity contribution in [2.75, 3.05) is 31.6 Å². The number of benzene rings is 1. The molecular weight excluding hydrogens is 390 g/mol. The maximum absolute atomic E-state index is 13.3. The van der Waals surface area contributed by atoms with Gasteiger partial charge in [0.15, 0.2) is 0 Å². The van der Waals surface area contributed by atoms with Crippen LogP contribution in [0.15, 0.2) is 35.9 Å². The van der Waals surface area contributed by atoms with Gasteiger partial charge in [-0.3, -0.25) is 4.90 Å². The van der Waals surface area contributed by atoms with Crippen LogP contribution >= 0.6 is 0 Å². The van der Waals surface area contributed by atoms with Crippen LogP contribution in [-0.2, 0) is 4.74 Å². The maximum Gasteiger partial charge on any atom is 0.338 e. The average molecular weight is 424 g/mol. The van der Waals surface area contributed by atoms with E-state index in [-0.39, 0.29) is 18.0 Å². The van der Waals surface area contributed by atoms with Crippen LogP contribution < -0.4 is 5.32 Å². The van der Waals surface area contributed by atoms with E-state index in [1.54, 1.807) is 31.2 Å². The van der Waals surface area contributed by atoms with Gasteiger partial charge in [0.2, 0.25) is 0 Å². The van der Waals surface area contributed by atoms with Gasteiger partial charge in [0.05, 0.1) is 18.2 Å². The highest BCUT2D eigenvalue weighted by atomic mass is 16.5. The molecule has 0 aromatic heterocycles. The Morgan fingerprint density at radius 3 is 2.77 bits per heavy atom. The van der Waals surface area contributed by atoms with Gasteiger partial charge >= 0.3 is 12.0 Å². The number of nitrogens with zero attached hydrogens (tertiary/aromatic N) is 2. The summed E-state index contributed by atoms with van der Waals surface area (Å²) in [6.07, 6.45) is 9.91. The lowest BCUT2D eigenvalue weighted by atomic mass is 9.68. The van der Waals surface area contributed by atoms with E-state index in [9.17, 15) is 9.59 Å². The lowest BCUT2D eigenvalue weighted by Gasteiger charge is -2.54. The summed E-state index contributed by atoms with van der Waals surface area (Å²) in [6, 6.07) is 7.89. The lowest BCUT2D eigenvalue weighted by Crippen LogP contribution is -2.60. The van der Waals surface area contributed by atoms with E-state index in [1.165, 1.54) is 37.8 Å². The molecule has 2 amide bonds. The van der Waals surface area contributed by atoms with Crippen molar-refractivity contribution >= 4 is 17.7 Å². The molecule has 6 nitrogen and oxygen atoms in total. The first-order valence-electron chi connectivity index (χ1n) is 11.9. The summed E-state index contributed by atoms with van der Waals surface area (Å²) in [5.74, 6) is 0.872. The Hall–Kier alpha value is -2.34. The smallest absolute Gasteiger partial charge is 0.338 e. The van der Waals surface area contributed by atoms with Crippen LogP contribution in [0, 0.1) is 11.8 Å². The number of likely N-dealkylation sites (tertiary alicyclic amines) is 1. The number of nitrogens with one attached hydrogen (secondary N) is 1. The molecule has 1 N–H and O–H groups in total. The fourth-order valence-electron chi connectivity index (χ4n) is 6.30. The van der Waals surface area contributed by atoms with Gasteiger partial charge in [-0.25, -0.2) is 9.59 Å². The number of urea groups is 1. The predicted molar refractivity (Wildman–Crippen MR) is 120 cm³/mol. The molecule has 0 radical (unpaired) electrons. The van der Waals surface area contributed by atoms with Gasteiger partial charge in [-0.05, 0) is 81.7 Å². The van der Waals surface area contributed by atoms with Gasteiger partial charge in [0.25, 0.3) is 0 Å². The average Bonchev–Trinajstić information content (AvgIpc) is 2.79. The van der Waals surface area contributed by atoms with E-state index in [1.807, 2.05) is 0 Å². The number of piperidine rings is 3. The van der Waals surface area contributed by atoms with Crippen molar-refractivity contribution in [3.63, 3.8) is 0 Å². The molecule has 5 rings (SSSR count). The molecule has 0 unspecified atom stereocenters. The molecule has 1 aliphatic carbocycles. The molecular formula is C25H33N3O3. The standard InChI is InChI=1S/C25H33N3O3/c1-2-31-24(29)17-8-10-21(11-9-17)26-25(30)28-13-5-6-18-14-19-15-20(23(18)28)16-27-12-4-3-7-22(19)27/h8-11,14,19-20,22-23H,2-7,12-13,15-16H2,1H3,(H,26,30)/t19-,20-,22+,23-/m1/s1. The second-order valence-electron chi connectivity index (χ2n) is 9.43. The largest absolute Gasteiger partial charge is 0.462 e. The van der Waals surface area contributed by atoms with Crippen LogP contribution in [-0.4, -0.2) is 60.1 Å². The van der Waals surface area contributed by atoms with Crippen LogP contribution in [0.4, 0.5) is 10.5 Å². The van der Waals surface area contributed by atoms with E-state index in [2.05, 4.69) is 21.2 Å². The van der Waals surface area contributed by atoms with E-state index in [0.717, 1.165) is 32.0 Å². The molecule has 4 aliphatic rings. The molecule has 1 aromatic carbocycles. The van der Waals surface area contributed by atoms with Gasteiger partial charge in [-0.15, -0.1) is 0 Å². The zero-order valence-electron chi connectivity index (χ0n) is 18.4. The van der Waals surface area contributed by atoms with Crippen LogP contribution in [0.25, 0.3) is 0 Å². The maximum atomic E-state index is 13.3. The minimum Gasteiger partial charge on any atom is -0.462 e. The summed E-state index contributed by atoms with van der Waals surface area (Å²) in [5, 5.41) is 3.07. The van der Waals surface area contributed by atoms with Crippen molar-refractivity contribution in [1.29, 1.82) is 0 Å². The zero-order chi connectivity index (χ0) is 21.4. The molecule has 3 heterocycles. The number of esters is 1. The van der Waals surface area contributed by atoms with Crippen LogP contribution in [0.1, 0.15) is 55.8 Å². The predicted octanol–water partition coefficient (Wildman–Crippen LogP) is 4.29. The highest BCUT2D eigenvalue weighted by molar-refractivity contribution is 5.92. The van der Waals surface area contributed by atoms with Crippen molar-refractivity contribution in [3.05, 3.63) is 41.5 Å². The van der Waals surface area contributed by atoms with Crippen molar-refractivity contribution in [1.82, 2.24) is 9.80 Å². The van der Waals surface area contributed by atoms with E-state index < -0.39 is 0 Å². The van der Waals surface area contributed by atoms with Gasteiger partial charge in [-0.2, -0.15) is 0 Å². The Bertz CT molecular complexity index is 865. The molecule has 1 aromatic rings. The normalized spacial score (nSPS) is 30.0. The molecule has 4 atom stereocenters. The topological polar surface area (TPSA) is 61.9 Å². The number of rotatable bonds is 3. The second kappa shape index (κ2) is 8.65. The number of ether oxygens (including phenoxy) is 1. The Morgan fingerprint density at radius 1 is 1.13 bits per heavy atom. The highest BCUT2D eigenvalue weighted by Gasteiger charge is 2.46. The summed E-state index contributed by atoms with van der Waals surface area (Å²) >= 11 is 0. The van der Waals surface area contributed by atoms with Crippen LogP contribution in [0.2, 0.25) is 0 Å². The first-order chi connectivity index (χ1) is 15.1. The van der Waals surface area contributed by atoms with Crippen molar-refractivity contribution < 1.29 is 14.3 Å². The molecule has 0 saturated carbocycles. The number of carbonyl (C=O) groups excluding carboxylic acids is 2. The monoisotopic (exact) mass is 423 g/mol. The lowest BCUT2D eigenvalue weighted by molar-refractivity contribution is 0.00908. The van der Waals surface area contributed by atoms with Crippen LogP contribution in [0.5, 0.6) is 0 Å². The molecule has 0 spiro atoms. The van der Waals surface area contributed by atoms with Gasteiger partial charge < -0.3 is 15.0 Å². The van der Waals surface area contributed by atoms with Gasteiger partial charge in [-0.1, -0.05) is 18.1 Å². The van der Waals surface area contributed by atoms with E-state index in [0.29, 0.717) is 29.7 Å². The Labute approximate surface area is 184 Å². The Kier molecular flexibility index (Phi) is 5.74. The van der Waals surface area contributed by atoms with Crippen molar-refractivity contribution in [2.24, 2.45) is 11.8 Å².